The minimum absolute atomic E-state index is 0.0477. The summed E-state index contributed by atoms with van der Waals surface area (Å²) in [4.78, 5) is 21.0. The van der Waals surface area contributed by atoms with Gasteiger partial charge in [-0.25, -0.2) is 9.78 Å². The topological polar surface area (TPSA) is 48.5 Å². The van der Waals surface area contributed by atoms with E-state index in [0.717, 1.165) is 49.9 Å². The van der Waals surface area contributed by atoms with Crippen LogP contribution in [0.5, 0.6) is 0 Å². The standard InChI is InChI=1S/C18H30N4O/c1-4-11-22(14-15-7-8-15)18(23)20-13-16-9-10-17(19-12-16)21(5-2)6-3/h9-10,12,15H,4-8,11,13-14H2,1-3H3,(H,20,23). The number of carbonyl (C=O) groups excluding carboxylic acids is 1. The number of amides is 2. The van der Waals surface area contributed by atoms with E-state index in [2.05, 4.69) is 36.0 Å². The lowest BCUT2D eigenvalue weighted by molar-refractivity contribution is 0.195. The molecule has 0 aliphatic heterocycles. The van der Waals surface area contributed by atoms with E-state index in [4.69, 9.17) is 0 Å². The van der Waals surface area contributed by atoms with Gasteiger partial charge in [-0.15, -0.1) is 0 Å². The summed E-state index contributed by atoms with van der Waals surface area (Å²) in [5.41, 5.74) is 1.04. The van der Waals surface area contributed by atoms with E-state index in [0.29, 0.717) is 6.54 Å². The predicted molar refractivity (Wildman–Crippen MR) is 94.6 cm³/mol. The highest BCUT2D eigenvalue weighted by molar-refractivity contribution is 5.74. The Kier molecular flexibility index (Phi) is 6.68. The molecular formula is C18H30N4O. The van der Waals surface area contributed by atoms with Gasteiger partial charge in [0.15, 0.2) is 0 Å². The summed E-state index contributed by atoms with van der Waals surface area (Å²) in [6.45, 7) is 10.5. The third-order valence-corrected chi connectivity index (χ3v) is 4.30. The van der Waals surface area contributed by atoms with Gasteiger partial charge in [0.05, 0.1) is 0 Å². The van der Waals surface area contributed by atoms with Crippen molar-refractivity contribution in [1.29, 1.82) is 0 Å². The van der Waals surface area contributed by atoms with Gasteiger partial charge in [-0.3, -0.25) is 0 Å². The van der Waals surface area contributed by atoms with E-state index in [-0.39, 0.29) is 6.03 Å². The number of anilines is 1. The van der Waals surface area contributed by atoms with E-state index < -0.39 is 0 Å². The summed E-state index contributed by atoms with van der Waals surface area (Å²) in [6, 6.07) is 4.13. The molecule has 1 aliphatic rings. The summed E-state index contributed by atoms with van der Waals surface area (Å²) in [5, 5.41) is 3.03. The van der Waals surface area contributed by atoms with Crippen LogP contribution in [0.25, 0.3) is 0 Å². The molecule has 1 saturated carbocycles. The number of rotatable bonds is 9. The van der Waals surface area contributed by atoms with Gasteiger partial charge in [0.1, 0.15) is 5.82 Å². The minimum Gasteiger partial charge on any atom is -0.357 e. The number of pyridine rings is 1. The summed E-state index contributed by atoms with van der Waals surface area (Å²) >= 11 is 0. The molecule has 1 fully saturated rings. The predicted octanol–water partition coefficient (Wildman–Crippen LogP) is 3.26. The highest BCUT2D eigenvalue weighted by Gasteiger charge is 2.26. The van der Waals surface area contributed by atoms with E-state index in [9.17, 15) is 4.79 Å². The molecule has 128 valence electrons. The van der Waals surface area contributed by atoms with Gasteiger partial charge in [-0.05, 0) is 50.7 Å². The Morgan fingerprint density at radius 2 is 2.00 bits per heavy atom. The zero-order valence-electron chi connectivity index (χ0n) is 14.7. The number of nitrogens with zero attached hydrogens (tertiary/aromatic N) is 3. The van der Waals surface area contributed by atoms with Gasteiger partial charge in [-0.1, -0.05) is 13.0 Å². The molecule has 23 heavy (non-hydrogen) atoms. The molecule has 2 rings (SSSR count). The van der Waals surface area contributed by atoms with Crippen molar-refractivity contribution < 1.29 is 4.79 Å². The van der Waals surface area contributed by atoms with Gasteiger partial charge in [0.2, 0.25) is 0 Å². The summed E-state index contributed by atoms with van der Waals surface area (Å²) in [5.74, 6) is 1.72. The molecule has 0 aromatic carbocycles. The van der Waals surface area contributed by atoms with Crippen molar-refractivity contribution in [2.75, 3.05) is 31.1 Å². The summed E-state index contributed by atoms with van der Waals surface area (Å²) < 4.78 is 0. The van der Waals surface area contributed by atoms with Crippen molar-refractivity contribution in [2.24, 2.45) is 5.92 Å². The van der Waals surface area contributed by atoms with Crippen molar-refractivity contribution in [3.05, 3.63) is 23.9 Å². The highest BCUT2D eigenvalue weighted by Crippen LogP contribution is 2.29. The maximum Gasteiger partial charge on any atom is 0.317 e. The smallest absolute Gasteiger partial charge is 0.317 e. The molecule has 0 unspecified atom stereocenters. The molecule has 2 amide bonds. The first kappa shape index (κ1) is 17.6. The maximum absolute atomic E-state index is 12.3. The lowest BCUT2D eigenvalue weighted by Crippen LogP contribution is -2.41. The molecule has 5 heteroatoms. The van der Waals surface area contributed by atoms with Gasteiger partial charge in [-0.2, -0.15) is 0 Å². The van der Waals surface area contributed by atoms with Crippen LogP contribution in [0.2, 0.25) is 0 Å². The van der Waals surface area contributed by atoms with Gasteiger partial charge < -0.3 is 15.1 Å². The first-order valence-corrected chi connectivity index (χ1v) is 8.90. The quantitative estimate of drug-likeness (QED) is 0.760. The normalized spacial score (nSPS) is 13.7. The fourth-order valence-corrected chi connectivity index (χ4v) is 2.70. The molecular weight excluding hydrogens is 288 g/mol. The Morgan fingerprint density at radius 1 is 1.26 bits per heavy atom. The van der Waals surface area contributed by atoms with E-state index >= 15 is 0 Å². The van der Waals surface area contributed by atoms with E-state index in [1.165, 1.54) is 12.8 Å². The number of hydrogen-bond acceptors (Lipinski definition) is 3. The molecule has 0 radical (unpaired) electrons. The Labute approximate surface area is 140 Å². The molecule has 5 nitrogen and oxygen atoms in total. The van der Waals surface area contributed by atoms with Crippen LogP contribution in [0.3, 0.4) is 0 Å². The molecule has 1 aromatic rings. The van der Waals surface area contributed by atoms with Crippen LogP contribution < -0.4 is 10.2 Å². The Hall–Kier alpha value is -1.78. The number of aromatic nitrogens is 1. The van der Waals surface area contributed by atoms with Crippen molar-refractivity contribution >= 4 is 11.8 Å². The van der Waals surface area contributed by atoms with Crippen LogP contribution in [0.1, 0.15) is 45.6 Å². The van der Waals surface area contributed by atoms with Crippen molar-refractivity contribution in [3.63, 3.8) is 0 Å². The Morgan fingerprint density at radius 3 is 2.52 bits per heavy atom. The second-order valence-electron chi connectivity index (χ2n) is 6.25. The van der Waals surface area contributed by atoms with Crippen LogP contribution in [-0.2, 0) is 6.54 Å². The average molecular weight is 318 g/mol. The lowest BCUT2D eigenvalue weighted by Gasteiger charge is -2.22. The molecule has 1 aliphatic carbocycles. The largest absolute Gasteiger partial charge is 0.357 e. The third-order valence-electron chi connectivity index (χ3n) is 4.30. The lowest BCUT2D eigenvalue weighted by atomic mass is 10.2. The van der Waals surface area contributed by atoms with Crippen molar-refractivity contribution in [3.8, 4) is 0 Å². The molecule has 1 heterocycles. The molecule has 0 saturated heterocycles. The second kappa shape index (κ2) is 8.75. The fourth-order valence-electron chi connectivity index (χ4n) is 2.70. The van der Waals surface area contributed by atoms with Crippen LogP contribution in [-0.4, -0.2) is 42.1 Å². The fraction of sp³-hybridized carbons (Fsp3) is 0.667. The zero-order chi connectivity index (χ0) is 16.7. The number of nitrogens with one attached hydrogen (secondary N) is 1. The van der Waals surface area contributed by atoms with Crippen LogP contribution >= 0.6 is 0 Å². The first-order valence-electron chi connectivity index (χ1n) is 8.90. The number of carbonyl (C=O) groups is 1. The minimum atomic E-state index is 0.0477. The number of urea groups is 1. The zero-order valence-corrected chi connectivity index (χ0v) is 14.7. The average Bonchev–Trinajstić information content (AvgIpc) is 3.38. The summed E-state index contributed by atoms with van der Waals surface area (Å²) in [7, 11) is 0. The van der Waals surface area contributed by atoms with Gasteiger partial charge >= 0.3 is 6.03 Å². The maximum atomic E-state index is 12.3. The molecule has 0 bridgehead atoms. The van der Waals surface area contributed by atoms with Crippen molar-refractivity contribution in [1.82, 2.24) is 15.2 Å². The van der Waals surface area contributed by atoms with Crippen LogP contribution in [0, 0.1) is 5.92 Å². The first-order chi connectivity index (χ1) is 11.2. The third kappa shape index (κ3) is 5.41. The second-order valence-corrected chi connectivity index (χ2v) is 6.25. The summed E-state index contributed by atoms with van der Waals surface area (Å²) in [6.07, 6.45) is 5.40. The molecule has 0 atom stereocenters. The van der Waals surface area contributed by atoms with Crippen LogP contribution in [0.15, 0.2) is 18.3 Å². The van der Waals surface area contributed by atoms with Gasteiger partial charge in [0, 0.05) is 38.9 Å². The SMILES string of the molecule is CCCN(CC1CC1)C(=O)NCc1ccc(N(CC)CC)nc1. The molecule has 1 aromatic heterocycles. The molecule has 0 spiro atoms. The molecule has 1 N–H and O–H groups in total. The van der Waals surface area contributed by atoms with Crippen molar-refractivity contribution in [2.45, 2.75) is 46.6 Å². The van der Waals surface area contributed by atoms with E-state index in [1.54, 1.807) is 0 Å². The number of hydrogen-bond donors (Lipinski definition) is 1. The van der Waals surface area contributed by atoms with Crippen LogP contribution in [0.4, 0.5) is 10.6 Å². The van der Waals surface area contributed by atoms with Gasteiger partial charge in [0.25, 0.3) is 0 Å². The Balaban J connectivity index is 1.84. The van der Waals surface area contributed by atoms with E-state index in [1.807, 2.05) is 23.2 Å². The monoisotopic (exact) mass is 318 g/mol. The highest BCUT2D eigenvalue weighted by atomic mass is 16.2. The Bertz CT molecular complexity index is 480.